The molecule has 0 spiro atoms. The Balaban J connectivity index is 2.31. The van der Waals surface area contributed by atoms with Crippen LogP contribution in [0, 0.1) is 17.7 Å². The summed E-state index contributed by atoms with van der Waals surface area (Å²) in [6, 6.07) is 3.83. The molecule has 0 aliphatic heterocycles. The molecule has 0 aliphatic carbocycles. The highest BCUT2D eigenvalue weighted by Gasteiger charge is 2.12. The van der Waals surface area contributed by atoms with E-state index in [-0.39, 0.29) is 12.1 Å². The summed E-state index contributed by atoms with van der Waals surface area (Å²) in [5, 5.41) is 8.85. The number of halogens is 1. The van der Waals surface area contributed by atoms with Gasteiger partial charge in [0.25, 0.3) is 5.91 Å². The highest BCUT2D eigenvalue weighted by molar-refractivity contribution is 6.05. The molecule has 1 heterocycles. The molecular formula is C13H11FN4O. The predicted octanol–water partition coefficient (Wildman–Crippen LogP) is 1.11. The maximum absolute atomic E-state index is 13.2. The lowest BCUT2D eigenvalue weighted by molar-refractivity contribution is 0.102. The predicted molar refractivity (Wildman–Crippen MR) is 68.9 cm³/mol. The van der Waals surface area contributed by atoms with Gasteiger partial charge < -0.3 is 11.1 Å². The van der Waals surface area contributed by atoms with Crippen molar-refractivity contribution in [2.45, 2.75) is 0 Å². The molecule has 0 unspecified atom stereocenters. The van der Waals surface area contributed by atoms with Crippen molar-refractivity contribution in [1.82, 2.24) is 10.2 Å². The largest absolute Gasteiger partial charge is 0.320 e. The zero-order valence-electron chi connectivity index (χ0n) is 9.90. The smallest absolute Gasteiger partial charge is 0.257 e. The van der Waals surface area contributed by atoms with Crippen LogP contribution < -0.4 is 11.1 Å². The summed E-state index contributed by atoms with van der Waals surface area (Å²) in [5.41, 5.74) is 6.35. The first kappa shape index (κ1) is 12.8. The molecule has 0 saturated heterocycles. The average molecular weight is 258 g/mol. The standard InChI is InChI=1S/C13H11FN4O/c14-10-4-3-9(2-1-5-15)12(6-10)13(19)18-11-7-16-17-8-11/h3-4,6-8H,5,15H2,(H,16,17)(H,18,19). The Morgan fingerprint density at radius 1 is 1.53 bits per heavy atom. The van der Waals surface area contributed by atoms with Crippen molar-refractivity contribution in [3.05, 3.63) is 47.5 Å². The Morgan fingerprint density at radius 3 is 3.05 bits per heavy atom. The lowest BCUT2D eigenvalue weighted by atomic mass is 10.1. The fourth-order valence-electron chi connectivity index (χ4n) is 1.48. The van der Waals surface area contributed by atoms with E-state index in [1.165, 1.54) is 24.5 Å². The molecule has 1 aromatic carbocycles. The molecule has 0 saturated carbocycles. The van der Waals surface area contributed by atoms with Gasteiger partial charge >= 0.3 is 0 Å². The van der Waals surface area contributed by atoms with Crippen molar-refractivity contribution in [1.29, 1.82) is 0 Å². The third-order valence-corrected chi connectivity index (χ3v) is 2.31. The van der Waals surface area contributed by atoms with E-state index < -0.39 is 11.7 Å². The Hall–Kier alpha value is -2.65. The van der Waals surface area contributed by atoms with Crippen LogP contribution in [-0.2, 0) is 0 Å². The number of carbonyl (C=O) groups excluding carboxylic acids is 1. The Bertz CT molecular complexity index is 640. The summed E-state index contributed by atoms with van der Waals surface area (Å²) in [6.07, 6.45) is 2.96. The number of hydrogen-bond acceptors (Lipinski definition) is 3. The third kappa shape index (κ3) is 3.18. The Kier molecular flexibility index (Phi) is 3.90. The van der Waals surface area contributed by atoms with Crippen molar-refractivity contribution >= 4 is 11.6 Å². The van der Waals surface area contributed by atoms with Gasteiger partial charge in [0.1, 0.15) is 5.82 Å². The van der Waals surface area contributed by atoms with Gasteiger partial charge in [0.2, 0.25) is 0 Å². The summed E-state index contributed by atoms with van der Waals surface area (Å²) in [6.45, 7) is 0.167. The Morgan fingerprint density at radius 2 is 2.37 bits per heavy atom. The van der Waals surface area contributed by atoms with Crippen molar-refractivity contribution in [3.8, 4) is 11.8 Å². The number of rotatable bonds is 2. The number of nitrogens with one attached hydrogen (secondary N) is 2. The molecule has 4 N–H and O–H groups in total. The van der Waals surface area contributed by atoms with Gasteiger partial charge in [0.05, 0.1) is 24.0 Å². The van der Waals surface area contributed by atoms with Crippen LogP contribution in [0.1, 0.15) is 15.9 Å². The molecule has 0 atom stereocenters. The molecule has 2 rings (SSSR count). The topological polar surface area (TPSA) is 83.8 Å². The van der Waals surface area contributed by atoms with Crippen LogP contribution in [0.5, 0.6) is 0 Å². The van der Waals surface area contributed by atoms with Gasteiger partial charge in [-0.3, -0.25) is 9.89 Å². The van der Waals surface area contributed by atoms with Gasteiger partial charge in [0.15, 0.2) is 0 Å². The van der Waals surface area contributed by atoms with E-state index in [4.69, 9.17) is 5.73 Å². The zero-order chi connectivity index (χ0) is 13.7. The molecule has 19 heavy (non-hydrogen) atoms. The van der Waals surface area contributed by atoms with Crippen LogP contribution in [0.15, 0.2) is 30.6 Å². The molecule has 1 aromatic heterocycles. The zero-order valence-corrected chi connectivity index (χ0v) is 9.90. The van der Waals surface area contributed by atoms with Crippen LogP contribution in [0.2, 0.25) is 0 Å². The second-order valence-electron chi connectivity index (χ2n) is 3.64. The number of anilines is 1. The number of carbonyl (C=O) groups is 1. The molecule has 6 heteroatoms. The summed E-state index contributed by atoms with van der Waals surface area (Å²) in [4.78, 5) is 12.0. The maximum Gasteiger partial charge on any atom is 0.257 e. The Labute approximate surface area is 109 Å². The van der Waals surface area contributed by atoms with E-state index in [0.717, 1.165) is 6.07 Å². The number of aromatic amines is 1. The number of nitrogens with two attached hydrogens (primary N) is 1. The minimum Gasteiger partial charge on any atom is -0.320 e. The van der Waals surface area contributed by atoms with Gasteiger partial charge in [-0.05, 0) is 18.2 Å². The van der Waals surface area contributed by atoms with Crippen LogP contribution in [0.25, 0.3) is 0 Å². The van der Waals surface area contributed by atoms with Gasteiger partial charge in [-0.1, -0.05) is 11.8 Å². The third-order valence-electron chi connectivity index (χ3n) is 2.31. The number of hydrogen-bond donors (Lipinski definition) is 3. The van der Waals surface area contributed by atoms with Gasteiger partial charge in [-0.15, -0.1) is 0 Å². The molecule has 0 fully saturated rings. The van der Waals surface area contributed by atoms with Crippen molar-refractivity contribution < 1.29 is 9.18 Å². The molecule has 2 aromatic rings. The number of H-pyrrole nitrogens is 1. The van der Waals surface area contributed by atoms with Crippen LogP contribution in [0.3, 0.4) is 0 Å². The van der Waals surface area contributed by atoms with Crippen molar-refractivity contribution in [2.75, 3.05) is 11.9 Å². The van der Waals surface area contributed by atoms with E-state index in [2.05, 4.69) is 27.4 Å². The number of nitrogens with zero attached hydrogens (tertiary/aromatic N) is 1. The molecule has 96 valence electrons. The average Bonchev–Trinajstić information content (AvgIpc) is 2.90. The minimum atomic E-state index is -0.504. The molecular weight excluding hydrogens is 247 g/mol. The number of amides is 1. The molecule has 5 nitrogen and oxygen atoms in total. The maximum atomic E-state index is 13.2. The second kappa shape index (κ2) is 5.80. The summed E-state index contributed by atoms with van der Waals surface area (Å²) >= 11 is 0. The van der Waals surface area contributed by atoms with Crippen molar-refractivity contribution in [2.24, 2.45) is 5.73 Å². The quantitative estimate of drug-likeness (QED) is 0.705. The molecule has 0 aliphatic rings. The van der Waals surface area contributed by atoms with Gasteiger partial charge in [0, 0.05) is 11.8 Å². The summed E-state index contributed by atoms with van der Waals surface area (Å²) in [5.74, 6) is 4.41. The summed E-state index contributed by atoms with van der Waals surface area (Å²) < 4.78 is 13.2. The first-order valence-corrected chi connectivity index (χ1v) is 5.49. The SMILES string of the molecule is NCC#Cc1ccc(F)cc1C(=O)Nc1cn[nH]c1. The molecule has 1 amide bonds. The first-order chi connectivity index (χ1) is 9.20. The van der Waals surface area contributed by atoms with E-state index in [1.807, 2.05) is 0 Å². The highest BCUT2D eigenvalue weighted by atomic mass is 19.1. The number of benzene rings is 1. The molecule has 0 bridgehead atoms. The summed E-state index contributed by atoms with van der Waals surface area (Å²) in [7, 11) is 0. The van der Waals surface area contributed by atoms with Crippen LogP contribution >= 0.6 is 0 Å². The fraction of sp³-hybridized carbons (Fsp3) is 0.0769. The fourth-order valence-corrected chi connectivity index (χ4v) is 1.48. The van der Waals surface area contributed by atoms with Gasteiger partial charge in [-0.2, -0.15) is 5.10 Å². The highest BCUT2D eigenvalue weighted by Crippen LogP contribution is 2.13. The normalized spacial score (nSPS) is 9.58. The van der Waals surface area contributed by atoms with E-state index in [9.17, 15) is 9.18 Å². The minimum absolute atomic E-state index is 0.155. The van der Waals surface area contributed by atoms with Crippen LogP contribution in [-0.4, -0.2) is 22.6 Å². The first-order valence-electron chi connectivity index (χ1n) is 5.49. The molecule has 0 radical (unpaired) electrons. The monoisotopic (exact) mass is 258 g/mol. The van der Waals surface area contributed by atoms with Crippen molar-refractivity contribution in [3.63, 3.8) is 0 Å². The van der Waals surface area contributed by atoms with E-state index >= 15 is 0 Å². The second-order valence-corrected chi connectivity index (χ2v) is 3.64. The lowest BCUT2D eigenvalue weighted by Gasteiger charge is -2.05. The van der Waals surface area contributed by atoms with E-state index in [0.29, 0.717) is 11.3 Å². The van der Waals surface area contributed by atoms with Gasteiger partial charge in [-0.25, -0.2) is 4.39 Å². The number of aromatic nitrogens is 2. The van der Waals surface area contributed by atoms with E-state index in [1.54, 1.807) is 0 Å². The lowest BCUT2D eigenvalue weighted by Crippen LogP contribution is -2.13. The van der Waals surface area contributed by atoms with Crippen LogP contribution in [0.4, 0.5) is 10.1 Å².